The van der Waals surface area contributed by atoms with Gasteiger partial charge in [-0.25, -0.2) is 9.13 Å². The van der Waals surface area contributed by atoms with Crippen LogP contribution in [-0.4, -0.2) is 56.0 Å². The molecule has 5 N–H and O–H groups in total. The number of allylic oxidation sites excluding steroid dienone is 3. The lowest BCUT2D eigenvalue weighted by molar-refractivity contribution is -0.142. The maximum atomic E-state index is 11.8. The third-order valence-electron chi connectivity index (χ3n) is 4.11. The zero-order valence-electron chi connectivity index (χ0n) is 19.0. The molecular formula is C19H36O11P2. The van der Waals surface area contributed by atoms with Gasteiger partial charge in [0.1, 0.15) is 0 Å². The number of phosphoric acid groups is 2. The molecule has 0 radical (unpaired) electrons. The second-order valence-corrected chi connectivity index (χ2v) is 11.1. The van der Waals surface area contributed by atoms with Crippen LogP contribution in [0.25, 0.3) is 0 Å². The highest BCUT2D eigenvalue weighted by Gasteiger charge is 2.35. The number of aliphatic hydroxyl groups is 2. The SMILES string of the molecule is CC(C)=CCC/C(C)=C/COP(=O)(O)OP(=O)(O)OCCCC(O)CC(C)(O)CC(=O)O. The number of rotatable bonds is 17. The molecule has 188 valence electrons. The van der Waals surface area contributed by atoms with E-state index in [9.17, 15) is 33.9 Å². The van der Waals surface area contributed by atoms with Crippen LogP contribution in [0.1, 0.15) is 66.2 Å². The summed E-state index contributed by atoms with van der Waals surface area (Å²) >= 11 is 0. The Hall–Kier alpha value is -0.870. The van der Waals surface area contributed by atoms with Gasteiger partial charge in [-0.3, -0.25) is 13.8 Å². The predicted molar refractivity (Wildman–Crippen MR) is 118 cm³/mol. The van der Waals surface area contributed by atoms with E-state index in [1.54, 1.807) is 6.08 Å². The molecule has 0 saturated carbocycles. The fourth-order valence-corrected chi connectivity index (χ4v) is 4.69. The minimum atomic E-state index is -4.90. The molecule has 0 aromatic rings. The van der Waals surface area contributed by atoms with Crippen molar-refractivity contribution >= 4 is 21.6 Å². The zero-order valence-corrected chi connectivity index (χ0v) is 20.8. The highest BCUT2D eigenvalue weighted by Crippen LogP contribution is 2.60. The summed E-state index contributed by atoms with van der Waals surface area (Å²) in [5.74, 6) is -1.21. The number of hydrogen-bond donors (Lipinski definition) is 5. The third-order valence-corrected chi connectivity index (χ3v) is 6.75. The van der Waals surface area contributed by atoms with E-state index in [0.29, 0.717) is 0 Å². The number of carbonyl (C=O) groups is 1. The molecule has 0 heterocycles. The molecule has 0 saturated heterocycles. The van der Waals surface area contributed by atoms with Crippen LogP contribution in [0, 0.1) is 0 Å². The molecule has 4 atom stereocenters. The van der Waals surface area contributed by atoms with Crippen molar-refractivity contribution in [2.24, 2.45) is 0 Å². The molecule has 0 aliphatic rings. The maximum Gasteiger partial charge on any atom is 0.481 e. The molecule has 0 bridgehead atoms. The van der Waals surface area contributed by atoms with Gasteiger partial charge in [0.05, 0.1) is 31.3 Å². The molecule has 32 heavy (non-hydrogen) atoms. The molecule has 0 aliphatic heterocycles. The number of phosphoric ester groups is 2. The summed E-state index contributed by atoms with van der Waals surface area (Å²) in [6.45, 7) is 6.36. The van der Waals surface area contributed by atoms with E-state index < -0.39 is 46.3 Å². The van der Waals surface area contributed by atoms with Gasteiger partial charge in [-0.1, -0.05) is 23.3 Å². The van der Waals surface area contributed by atoms with Gasteiger partial charge in [-0.15, -0.1) is 0 Å². The second-order valence-electron chi connectivity index (χ2n) is 8.09. The minimum Gasteiger partial charge on any atom is -0.481 e. The molecule has 0 aromatic heterocycles. The number of hydrogen-bond acceptors (Lipinski definition) is 8. The largest absolute Gasteiger partial charge is 0.481 e. The average molecular weight is 502 g/mol. The lowest BCUT2D eigenvalue weighted by Gasteiger charge is -2.24. The van der Waals surface area contributed by atoms with Crippen molar-refractivity contribution in [3.63, 3.8) is 0 Å². The lowest BCUT2D eigenvalue weighted by Crippen LogP contribution is -2.32. The molecule has 0 aliphatic carbocycles. The molecule has 11 nitrogen and oxygen atoms in total. The van der Waals surface area contributed by atoms with Crippen molar-refractivity contribution in [2.75, 3.05) is 13.2 Å². The summed E-state index contributed by atoms with van der Waals surface area (Å²) in [4.78, 5) is 29.8. The van der Waals surface area contributed by atoms with Crippen LogP contribution in [0.2, 0.25) is 0 Å². The van der Waals surface area contributed by atoms with Gasteiger partial charge < -0.3 is 25.1 Å². The van der Waals surface area contributed by atoms with E-state index in [4.69, 9.17) is 5.11 Å². The number of carboxylic acid groups (broad SMARTS) is 1. The molecule has 4 unspecified atom stereocenters. The second kappa shape index (κ2) is 14.4. The molecule has 0 amide bonds. The monoisotopic (exact) mass is 502 g/mol. The standard InChI is InChI=1S/C19H36O11P2/c1-15(2)7-5-8-16(3)10-12-29-32(26,27)30-31(24,25)28-11-6-9-17(20)13-19(4,23)14-18(21)22/h7,10,17,20,23H,5-6,8-9,11-14H2,1-4H3,(H,21,22)(H,24,25)(H,26,27)/b16-10+. The Morgan fingerprint density at radius 2 is 1.69 bits per heavy atom. The van der Waals surface area contributed by atoms with Crippen LogP contribution in [-0.2, 0) is 27.3 Å². The molecular weight excluding hydrogens is 466 g/mol. The van der Waals surface area contributed by atoms with Crippen LogP contribution in [0.3, 0.4) is 0 Å². The van der Waals surface area contributed by atoms with Crippen molar-refractivity contribution in [1.29, 1.82) is 0 Å². The van der Waals surface area contributed by atoms with Gasteiger partial charge in [0.15, 0.2) is 0 Å². The summed E-state index contributed by atoms with van der Waals surface area (Å²) in [6, 6.07) is 0. The normalized spacial score (nSPS) is 18.8. The Balaban J connectivity index is 4.35. The lowest BCUT2D eigenvalue weighted by atomic mass is 9.93. The van der Waals surface area contributed by atoms with E-state index in [2.05, 4.69) is 19.4 Å². The van der Waals surface area contributed by atoms with Crippen LogP contribution < -0.4 is 0 Å². The first-order valence-electron chi connectivity index (χ1n) is 10.1. The summed E-state index contributed by atoms with van der Waals surface area (Å²) in [7, 11) is -9.76. The highest BCUT2D eigenvalue weighted by atomic mass is 31.3. The van der Waals surface area contributed by atoms with Crippen LogP contribution >= 0.6 is 15.6 Å². The van der Waals surface area contributed by atoms with Crippen molar-refractivity contribution in [2.45, 2.75) is 77.9 Å². The highest BCUT2D eigenvalue weighted by molar-refractivity contribution is 7.61. The van der Waals surface area contributed by atoms with Crippen molar-refractivity contribution in [3.05, 3.63) is 23.3 Å². The third kappa shape index (κ3) is 17.7. The van der Waals surface area contributed by atoms with Gasteiger partial charge in [-0.2, -0.15) is 4.31 Å². The Kier molecular flexibility index (Phi) is 14.0. The Bertz CT molecular complexity index is 742. The molecule has 0 spiro atoms. The number of aliphatic hydroxyl groups excluding tert-OH is 1. The topological polar surface area (TPSA) is 180 Å². The van der Waals surface area contributed by atoms with Gasteiger partial charge in [-0.05, 0) is 53.4 Å². The summed E-state index contributed by atoms with van der Waals surface area (Å²) in [5, 5.41) is 28.4. The fraction of sp³-hybridized carbons (Fsp3) is 0.737. The van der Waals surface area contributed by atoms with E-state index in [-0.39, 0.29) is 25.9 Å². The Labute approximate surface area is 189 Å². The van der Waals surface area contributed by atoms with Gasteiger partial charge in [0.25, 0.3) is 0 Å². The maximum absolute atomic E-state index is 11.8. The average Bonchev–Trinajstić information content (AvgIpc) is 2.55. The van der Waals surface area contributed by atoms with Crippen LogP contribution in [0.4, 0.5) is 0 Å². The summed E-state index contributed by atoms with van der Waals surface area (Å²) in [6.07, 6.45) is 3.38. The molecule has 13 heteroatoms. The van der Waals surface area contributed by atoms with Gasteiger partial charge in [0, 0.05) is 6.42 Å². The minimum absolute atomic E-state index is 0.0276. The summed E-state index contributed by atoms with van der Waals surface area (Å²) in [5.41, 5.74) is 0.480. The summed E-state index contributed by atoms with van der Waals surface area (Å²) < 4.78 is 37.2. The predicted octanol–water partition coefficient (Wildman–Crippen LogP) is 3.69. The van der Waals surface area contributed by atoms with E-state index in [1.807, 2.05) is 20.8 Å². The smallest absolute Gasteiger partial charge is 0.481 e. The van der Waals surface area contributed by atoms with Crippen molar-refractivity contribution in [1.82, 2.24) is 0 Å². The fourth-order valence-electron chi connectivity index (χ4n) is 2.65. The van der Waals surface area contributed by atoms with E-state index in [0.717, 1.165) is 18.4 Å². The Morgan fingerprint density at radius 1 is 1.09 bits per heavy atom. The zero-order chi connectivity index (χ0) is 25.0. The quantitative estimate of drug-likeness (QED) is 0.111. The van der Waals surface area contributed by atoms with Gasteiger partial charge >= 0.3 is 21.6 Å². The molecule has 0 fully saturated rings. The van der Waals surface area contributed by atoms with Crippen LogP contribution in [0.5, 0.6) is 0 Å². The Morgan fingerprint density at radius 3 is 2.25 bits per heavy atom. The van der Waals surface area contributed by atoms with E-state index in [1.165, 1.54) is 12.5 Å². The number of aliphatic carboxylic acids is 1. The molecule has 0 rings (SSSR count). The van der Waals surface area contributed by atoms with Crippen LogP contribution in [0.15, 0.2) is 23.3 Å². The van der Waals surface area contributed by atoms with Crippen molar-refractivity contribution in [3.8, 4) is 0 Å². The first-order chi connectivity index (χ1) is 14.5. The van der Waals surface area contributed by atoms with Crippen molar-refractivity contribution < 1.29 is 52.4 Å². The van der Waals surface area contributed by atoms with E-state index >= 15 is 0 Å². The van der Waals surface area contributed by atoms with Gasteiger partial charge in [0.2, 0.25) is 0 Å². The number of carboxylic acids is 1. The molecule has 0 aromatic carbocycles. The first kappa shape index (κ1) is 31.1. The first-order valence-corrected chi connectivity index (χ1v) is 13.1.